The first-order valence-electron chi connectivity index (χ1n) is 18.4. The summed E-state index contributed by atoms with van der Waals surface area (Å²) in [5.74, 6) is 1.37. The molecule has 3 nitrogen and oxygen atoms in total. The third kappa shape index (κ3) is 32.2. The van der Waals surface area contributed by atoms with Gasteiger partial charge in [-0.1, -0.05) is 143 Å². The summed E-state index contributed by atoms with van der Waals surface area (Å²) in [6, 6.07) is 2.86. The van der Waals surface area contributed by atoms with E-state index in [1.165, 1.54) is 137 Å². The standard InChI is InChI=1S/C18H32O2Si.C11H22OSi.C7H14.CH4.2B.4W.2H2/c1-2-3-7-14-21-17-12-10-16(11-13-17)20-18(19)15-8-5-4-6-9-15;1-2-3-4-9-13-11-7-5-10(12)6-8-11;1-7-5-3-2-4-6-7;;;;;;;;;/h15-17H,2-14H2,1H3;10-12H,2-9H2,1H3;7H,2-6H2,1H3;1H4;;;;;;;2*1H/i;;;;;;;;;;2*1+1. The maximum absolute atomic E-state index is 12.2. The van der Waals surface area contributed by atoms with Crippen LogP contribution >= 0.6 is 0 Å². The summed E-state index contributed by atoms with van der Waals surface area (Å²) in [5.41, 5.74) is 1.88. The number of aliphatic hydroxyl groups excluding tert-OH is 1. The van der Waals surface area contributed by atoms with E-state index in [0.717, 1.165) is 65.0 Å². The second-order valence-corrected chi connectivity index (χ2v) is 17.3. The Bertz CT molecular complexity index is 646. The number of ether oxygens (including phenoxy) is 1. The van der Waals surface area contributed by atoms with E-state index in [4.69, 9.17) is 4.74 Å². The molecule has 0 saturated heterocycles. The second kappa shape index (κ2) is 42.5. The Morgan fingerprint density at radius 1 is 0.625 bits per heavy atom. The Hall–Kier alpha value is 2.75. The van der Waals surface area contributed by atoms with Crippen molar-refractivity contribution in [2.75, 3.05) is 0 Å². The van der Waals surface area contributed by atoms with Crippen LogP contribution in [0.15, 0.2) is 0 Å². The number of rotatable bonds is 12. The van der Waals surface area contributed by atoms with Crippen molar-refractivity contribution in [3.63, 3.8) is 0 Å². The molecule has 0 spiro atoms. The molecule has 0 amide bonds. The Morgan fingerprint density at radius 3 is 1.40 bits per heavy atom. The molecule has 0 bridgehead atoms. The monoisotopic (exact) mass is 1380 g/mol. The predicted octanol–water partition coefficient (Wildman–Crippen LogP) is 11.1. The van der Waals surface area contributed by atoms with Gasteiger partial charge >= 0.3 is 5.97 Å². The van der Waals surface area contributed by atoms with E-state index in [2.05, 4.69) is 20.8 Å². The van der Waals surface area contributed by atoms with Crippen molar-refractivity contribution < 1.29 is 102 Å². The fourth-order valence-corrected chi connectivity index (χ4v) is 10.1. The van der Waals surface area contributed by atoms with E-state index in [-0.39, 0.29) is 135 Å². The Morgan fingerprint density at radius 2 is 1.02 bits per heavy atom. The molecule has 0 aromatic rings. The van der Waals surface area contributed by atoms with Gasteiger partial charge in [-0.2, -0.15) is 0 Å². The first kappa shape index (κ1) is 62.7. The molecule has 280 valence electrons. The van der Waals surface area contributed by atoms with E-state index in [1.54, 1.807) is 0 Å². The van der Waals surface area contributed by atoms with Gasteiger partial charge in [-0.15, -0.1) is 0 Å². The van der Waals surface area contributed by atoms with Crippen LogP contribution < -0.4 is 0 Å². The Labute approximate surface area is 369 Å². The smallest absolute Gasteiger partial charge is 0.309 e. The molecule has 11 heteroatoms. The molecule has 0 heterocycles. The van der Waals surface area contributed by atoms with Crippen LogP contribution in [-0.2, 0) is 93.8 Å². The van der Waals surface area contributed by atoms with Crippen LogP contribution in [-0.4, -0.2) is 59.1 Å². The molecule has 48 heavy (non-hydrogen) atoms. The fraction of sp³-hybridized carbons (Fsp3) is 0.973. The summed E-state index contributed by atoms with van der Waals surface area (Å²) in [6.45, 7) is 6.90. The molecule has 0 aromatic heterocycles. The van der Waals surface area contributed by atoms with Crippen LogP contribution in [0.3, 0.4) is 0 Å². The largest absolute Gasteiger partial charge is 0.462 e. The number of aliphatic hydroxyl groups is 1. The quantitative estimate of drug-likeness (QED) is 0.120. The molecule has 4 aliphatic rings. The van der Waals surface area contributed by atoms with Gasteiger partial charge in [0.2, 0.25) is 0 Å². The summed E-state index contributed by atoms with van der Waals surface area (Å²) in [4.78, 5) is 12.2. The van der Waals surface area contributed by atoms with Crippen LogP contribution in [0.1, 0.15) is 185 Å². The number of carbonyl (C=O) groups is 1. The number of hydrogen-bond acceptors (Lipinski definition) is 3. The van der Waals surface area contributed by atoms with E-state index >= 15 is 0 Å². The van der Waals surface area contributed by atoms with Gasteiger partial charge in [0, 0.05) is 123 Å². The summed E-state index contributed by atoms with van der Waals surface area (Å²) in [7, 11) is 2.31. The van der Waals surface area contributed by atoms with Crippen molar-refractivity contribution in [1.82, 2.24) is 0 Å². The van der Waals surface area contributed by atoms with Gasteiger partial charge in [0.15, 0.2) is 0 Å². The van der Waals surface area contributed by atoms with Gasteiger partial charge in [-0.3, -0.25) is 4.79 Å². The molecule has 4 saturated carbocycles. The molecule has 1 N–H and O–H groups in total. The van der Waals surface area contributed by atoms with E-state index in [0.29, 0.717) is 0 Å². The SMILES string of the molecule is C.CC1CCCCC1.CCCCC[Si]C1CCC(O)CC1.CCCCC[Si]C1CCC(OC(=O)C2CCCCC2)CC1.[2HH].[2HH].[B].[B].[W].[W].[W].[W]. The fourth-order valence-electron chi connectivity index (χ4n) is 6.93. The molecule has 4 fully saturated rings. The van der Waals surface area contributed by atoms with Gasteiger partial charge in [-0.25, -0.2) is 0 Å². The van der Waals surface area contributed by atoms with Gasteiger partial charge in [0.1, 0.15) is 6.10 Å². The minimum Gasteiger partial charge on any atom is -0.462 e. The van der Waals surface area contributed by atoms with Crippen molar-refractivity contribution in [2.24, 2.45) is 11.8 Å². The summed E-state index contributed by atoms with van der Waals surface area (Å²) in [6.07, 6.45) is 31.3. The Balaban J connectivity index is -0.0000000891. The van der Waals surface area contributed by atoms with Gasteiger partial charge in [0.25, 0.3) is 0 Å². The average Bonchev–Trinajstić information content (AvgIpc) is 3.01. The zero-order valence-electron chi connectivity index (χ0n) is 30.4. The van der Waals surface area contributed by atoms with Crippen LogP contribution in [0.5, 0.6) is 0 Å². The normalized spacial score (nSPS) is 23.6. The zero-order valence-corrected chi connectivity index (χ0v) is 44.1. The Kier molecular flexibility index (Phi) is 55.5. The minimum atomic E-state index is 0. The van der Waals surface area contributed by atoms with Crippen molar-refractivity contribution in [2.45, 2.75) is 218 Å². The van der Waals surface area contributed by atoms with Crippen molar-refractivity contribution >= 4 is 41.8 Å². The molecule has 0 atom stereocenters. The number of esters is 1. The third-order valence-corrected chi connectivity index (χ3v) is 13.5. The first-order chi connectivity index (χ1) is 20.0. The molecule has 4 rings (SSSR count). The van der Waals surface area contributed by atoms with Crippen LogP contribution in [0.25, 0.3) is 0 Å². The van der Waals surface area contributed by atoms with Crippen molar-refractivity contribution in [1.29, 1.82) is 0 Å². The van der Waals surface area contributed by atoms with Crippen LogP contribution in [0.2, 0.25) is 23.2 Å². The van der Waals surface area contributed by atoms with Crippen molar-refractivity contribution in [3.05, 3.63) is 0 Å². The maximum atomic E-state index is 12.2. The van der Waals surface area contributed by atoms with Gasteiger partial charge < -0.3 is 9.84 Å². The maximum Gasteiger partial charge on any atom is 0.309 e. The number of hydrogen-bond donors (Lipinski definition) is 1. The van der Waals surface area contributed by atoms with E-state index in [9.17, 15) is 9.90 Å². The molecular formula is C37H76B2O3Si2W4. The molecule has 0 aliphatic heterocycles. The van der Waals surface area contributed by atoms with Crippen LogP contribution in [0, 0.1) is 11.8 Å². The third-order valence-electron chi connectivity index (χ3n) is 9.91. The molecule has 0 unspecified atom stereocenters. The zero-order chi connectivity index (χ0) is 29.5. The van der Waals surface area contributed by atoms with Crippen molar-refractivity contribution in [3.8, 4) is 0 Å². The molecule has 0 aromatic carbocycles. The van der Waals surface area contributed by atoms with Crippen LogP contribution in [0.4, 0.5) is 0 Å². The predicted molar refractivity (Wildman–Crippen MR) is 202 cm³/mol. The summed E-state index contributed by atoms with van der Waals surface area (Å²) < 4.78 is 5.79. The second-order valence-electron chi connectivity index (χ2n) is 13.8. The number of unbranched alkanes of at least 4 members (excludes halogenated alkanes) is 4. The summed E-state index contributed by atoms with van der Waals surface area (Å²) >= 11 is 0. The van der Waals surface area contributed by atoms with Gasteiger partial charge in [-0.05, 0) is 68.4 Å². The van der Waals surface area contributed by atoms with Gasteiger partial charge in [0.05, 0.1) is 12.0 Å². The minimum absolute atomic E-state index is 0. The first-order valence-corrected chi connectivity index (χ1v) is 20.9. The topological polar surface area (TPSA) is 46.5 Å². The molecule has 10 radical (unpaired) electrons. The number of carbonyl (C=O) groups excluding carboxylic acids is 1. The average molecular weight is 1380 g/mol. The summed E-state index contributed by atoms with van der Waals surface area (Å²) in [5, 5.41) is 9.34. The molecule has 4 aliphatic carbocycles. The van der Waals surface area contributed by atoms with E-state index < -0.39 is 0 Å². The molecular weight excluding hydrogens is 1310 g/mol. The van der Waals surface area contributed by atoms with E-state index in [1.807, 2.05) is 0 Å².